The van der Waals surface area contributed by atoms with Crippen LogP contribution < -0.4 is 9.46 Å². The van der Waals surface area contributed by atoms with Gasteiger partial charge in [-0.25, -0.2) is 4.72 Å². The minimum Gasteiger partial charge on any atom is -0.497 e. The van der Waals surface area contributed by atoms with Crippen LogP contribution in [0.3, 0.4) is 0 Å². The lowest BCUT2D eigenvalue weighted by atomic mass is 9.81. The molecule has 12 nitrogen and oxygen atoms in total. The largest absolute Gasteiger partial charge is 0.497 e. The van der Waals surface area contributed by atoms with Gasteiger partial charge in [0.25, 0.3) is 11.8 Å². The van der Waals surface area contributed by atoms with Gasteiger partial charge in [-0.2, -0.15) is 12.7 Å². The molecule has 1 saturated carbocycles. The standard InChI is InChI=1S/C38H47N5O7S/c1-40(2)51(47,48)39-36(44)26-10-12-32-33(22-26)43-24-29(38(46)42-16-14-27(23-42)37(45)41-15-7-18-50-19-17-41)20-28-21-30(49-3)11-13-31(28)35(43)34(32)25-8-5-4-6-9-25/h10-13,20-22,25,27H,4-9,14-19,23-24H2,1-3H3,(H,39,44). The number of benzene rings is 2. The van der Waals surface area contributed by atoms with Gasteiger partial charge in [0.05, 0.1) is 31.9 Å². The van der Waals surface area contributed by atoms with Gasteiger partial charge >= 0.3 is 10.2 Å². The number of nitrogens with zero attached hydrogens (tertiary/aromatic N) is 4. The van der Waals surface area contributed by atoms with E-state index in [0.29, 0.717) is 57.1 Å². The molecule has 3 aliphatic heterocycles. The molecule has 2 aromatic carbocycles. The van der Waals surface area contributed by atoms with Gasteiger partial charge in [-0.05, 0) is 79.1 Å². The van der Waals surface area contributed by atoms with Gasteiger partial charge < -0.3 is 23.8 Å². The Labute approximate surface area is 299 Å². The van der Waals surface area contributed by atoms with E-state index < -0.39 is 16.1 Å². The van der Waals surface area contributed by atoms with Crippen molar-refractivity contribution in [1.82, 2.24) is 23.4 Å². The van der Waals surface area contributed by atoms with Crippen molar-refractivity contribution in [3.8, 4) is 17.0 Å². The first kappa shape index (κ1) is 35.2. The normalized spacial score (nSPS) is 20.0. The second-order valence-corrected chi connectivity index (χ2v) is 16.2. The molecule has 3 amide bonds. The Morgan fingerprint density at radius 3 is 2.49 bits per heavy atom. The van der Waals surface area contributed by atoms with Crippen molar-refractivity contribution in [3.63, 3.8) is 0 Å². The van der Waals surface area contributed by atoms with Crippen LogP contribution in [-0.4, -0.2) is 105 Å². The van der Waals surface area contributed by atoms with Crippen molar-refractivity contribution >= 4 is 44.9 Å². The second-order valence-electron chi connectivity index (χ2n) is 14.3. The molecule has 1 atom stereocenters. The summed E-state index contributed by atoms with van der Waals surface area (Å²) >= 11 is 0. The second kappa shape index (κ2) is 14.4. The number of hydrogen-bond donors (Lipinski definition) is 1. The van der Waals surface area contributed by atoms with Gasteiger partial charge in [0, 0.05) is 74.5 Å². The Bertz CT molecular complexity index is 1990. The fourth-order valence-electron chi connectivity index (χ4n) is 8.15. The fraction of sp³-hybridized carbons (Fsp3) is 0.500. The maximum atomic E-state index is 14.5. The summed E-state index contributed by atoms with van der Waals surface area (Å²) in [5, 5.41) is 0.993. The van der Waals surface area contributed by atoms with Gasteiger partial charge in [0.15, 0.2) is 0 Å². The molecule has 4 heterocycles. The van der Waals surface area contributed by atoms with E-state index in [1.165, 1.54) is 26.1 Å². The molecule has 3 fully saturated rings. The number of carbonyl (C=O) groups is 3. The van der Waals surface area contributed by atoms with Crippen LogP contribution in [0.25, 0.3) is 28.2 Å². The lowest BCUT2D eigenvalue weighted by Gasteiger charge is -2.24. The van der Waals surface area contributed by atoms with E-state index in [2.05, 4.69) is 9.29 Å². The summed E-state index contributed by atoms with van der Waals surface area (Å²) in [5.74, 6) is -0.0687. The van der Waals surface area contributed by atoms with Crippen molar-refractivity contribution < 1.29 is 32.3 Å². The summed E-state index contributed by atoms with van der Waals surface area (Å²) in [7, 11) is 0.343. The summed E-state index contributed by atoms with van der Waals surface area (Å²) < 4.78 is 41.6. The van der Waals surface area contributed by atoms with Gasteiger partial charge in [0.1, 0.15) is 5.75 Å². The minimum atomic E-state index is -4.01. The van der Waals surface area contributed by atoms with Gasteiger partial charge in [-0.15, -0.1) is 0 Å². The van der Waals surface area contributed by atoms with Gasteiger partial charge in [-0.1, -0.05) is 25.3 Å². The highest BCUT2D eigenvalue weighted by molar-refractivity contribution is 7.87. The molecule has 3 aromatic rings. The molecule has 272 valence electrons. The zero-order valence-electron chi connectivity index (χ0n) is 29.7. The Kier molecular flexibility index (Phi) is 9.97. The first-order chi connectivity index (χ1) is 24.6. The van der Waals surface area contributed by atoms with Crippen molar-refractivity contribution in [2.24, 2.45) is 5.92 Å². The zero-order chi connectivity index (χ0) is 35.9. The number of fused-ring (bicyclic) bond motifs is 5. The van der Waals surface area contributed by atoms with Crippen LogP contribution >= 0.6 is 0 Å². The number of ether oxygens (including phenoxy) is 2. The third-order valence-corrected chi connectivity index (χ3v) is 12.3. The molecule has 1 unspecified atom stereocenters. The van der Waals surface area contributed by atoms with Crippen LogP contribution in [0.1, 0.15) is 72.3 Å². The fourth-order valence-corrected chi connectivity index (χ4v) is 8.69. The zero-order valence-corrected chi connectivity index (χ0v) is 30.5. The molecule has 13 heteroatoms. The van der Waals surface area contributed by atoms with Crippen LogP contribution in [0.5, 0.6) is 5.75 Å². The van der Waals surface area contributed by atoms with Crippen LogP contribution in [0.4, 0.5) is 0 Å². The van der Waals surface area contributed by atoms with E-state index >= 15 is 0 Å². The number of hydrogen-bond acceptors (Lipinski definition) is 7. The summed E-state index contributed by atoms with van der Waals surface area (Å²) in [6, 6.07) is 11.3. The molecule has 2 saturated heterocycles. The van der Waals surface area contributed by atoms with Crippen LogP contribution in [-0.2, 0) is 31.1 Å². The van der Waals surface area contributed by atoms with E-state index in [-0.39, 0.29) is 35.8 Å². The molecule has 1 aliphatic carbocycles. The number of carbonyl (C=O) groups excluding carboxylic acids is 3. The Balaban J connectivity index is 1.31. The SMILES string of the molecule is COc1ccc2c(c1)C=C(C(=O)N1CCC(C(=O)N3CCCOCC3)C1)Cn1c-2c(C2CCCCC2)c2ccc(C(=O)NS(=O)(=O)N(C)C)cc21. The molecule has 0 spiro atoms. The number of nitrogens with one attached hydrogen (secondary N) is 1. The predicted molar refractivity (Wildman–Crippen MR) is 195 cm³/mol. The van der Waals surface area contributed by atoms with Crippen molar-refractivity contribution in [2.45, 2.75) is 57.4 Å². The molecular formula is C38H47N5O7S. The summed E-state index contributed by atoms with van der Waals surface area (Å²) in [6.07, 6.45) is 8.87. The molecule has 51 heavy (non-hydrogen) atoms. The first-order valence-corrected chi connectivity index (χ1v) is 19.4. The Morgan fingerprint density at radius 2 is 1.73 bits per heavy atom. The minimum absolute atomic E-state index is 0.0821. The number of aromatic nitrogens is 1. The number of amides is 3. The van der Waals surface area contributed by atoms with Crippen LogP contribution in [0.15, 0.2) is 42.0 Å². The average Bonchev–Trinajstić information content (AvgIpc) is 3.57. The highest BCUT2D eigenvalue weighted by Gasteiger charge is 2.37. The number of rotatable bonds is 7. The predicted octanol–water partition coefficient (Wildman–Crippen LogP) is 4.40. The maximum Gasteiger partial charge on any atom is 0.303 e. The van der Waals surface area contributed by atoms with Crippen LogP contribution in [0, 0.1) is 5.92 Å². The third-order valence-electron chi connectivity index (χ3n) is 10.9. The molecule has 1 aromatic heterocycles. The summed E-state index contributed by atoms with van der Waals surface area (Å²) in [4.78, 5) is 45.0. The molecule has 0 radical (unpaired) electrons. The summed E-state index contributed by atoms with van der Waals surface area (Å²) in [6.45, 7) is 3.50. The topological polar surface area (TPSA) is 130 Å². The Hall–Kier alpha value is -4.20. The van der Waals surface area contributed by atoms with Crippen molar-refractivity contribution in [3.05, 3.63) is 58.7 Å². The number of likely N-dealkylation sites (tertiary alicyclic amines) is 1. The Morgan fingerprint density at radius 1 is 0.922 bits per heavy atom. The van der Waals surface area contributed by atoms with E-state index in [4.69, 9.17) is 9.47 Å². The lowest BCUT2D eigenvalue weighted by Crippen LogP contribution is -2.39. The van der Waals surface area contributed by atoms with E-state index in [1.54, 1.807) is 24.1 Å². The summed E-state index contributed by atoms with van der Waals surface area (Å²) in [5.41, 5.74) is 5.57. The molecular weight excluding hydrogens is 671 g/mol. The molecule has 4 aliphatic rings. The van der Waals surface area contributed by atoms with E-state index in [1.807, 2.05) is 35.2 Å². The van der Waals surface area contributed by atoms with Gasteiger partial charge in [0.2, 0.25) is 5.91 Å². The highest BCUT2D eigenvalue weighted by atomic mass is 32.2. The lowest BCUT2D eigenvalue weighted by molar-refractivity contribution is -0.135. The average molecular weight is 718 g/mol. The van der Waals surface area contributed by atoms with Gasteiger partial charge in [-0.3, -0.25) is 14.4 Å². The first-order valence-electron chi connectivity index (χ1n) is 18.0. The maximum absolute atomic E-state index is 14.5. The molecule has 7 rings (SSSR count). The van der Waals surface area contributed by atoms with Crippen molar-refractivity contribution in [2.75, 3.05) is 60.6 Å². The number of methoxy groups -OCH3 is 1. The quantitative estimate of drug-likeness (QED) is 0.384. The highest BCUT2D eigenvalue weighted by Crippen LogP contribution is 2.47. The van der Waals surface area contributed by atoms with Crippen molar-refractivity contribution in [1.29, 1.82) is 0 Å². The monoisotopic (exact) mass is 717 g/mol. The van der Waals surface area contributed by atoms with Crippen LogP contribution in [0.2, 0.25) is 0 Å². The molecule has 1 N–H and O–H groups in total. The van der Waals surface area contributed by atoms with E-state index in [9.17, 15) is 22.8 Å². The third kappa shape index (κ3) is 6.91. The smallest absolute Gasteiger partial charge is 0.303 e. The molecule has 0 bridgehead atoms. The van der Waals surface area contributed by atoms with E-state index in [0.717, 1.165) is 64.1 Å².